The highest BCUT2D eigenvalue weighted by atomic mass is 32.2. The van der Waals surface area contributed by atoms with Gasteiger partial charge in [0, 0.05) is 12.5 Å². The van der Waals surface area contributed by atoms with Crippen molar-refractivity contribution in [3.63, 3.8) is 0 Å². The molecule has 0 aromatic rings. The molecular formula is C7H9NS2. The lowest BCUT2D eigenvalue weighted by Crippen LogP contribution is -2.30. The van der Waals surface area contributed by atoms with Gasteiger partial charge in [0.25, 0.3) is 0 Å². The van der Waals surface area contributed by atoms with Crippen LogP contribution in [0.4, 0.5) is 0 Å². The van der Waals surface area contributed by atoms with Gasteiger partial charge >= 0.3 is 0 Å². The van der Waals surface area contributed by atoms with Crippen molar-refractivity contribution in [2.24, 2.45) is 5.92 Å². The molecule has 2 aliphatic heterocycles. The van der Waals surface area contributed by atoms with Crippen LogP contribution in [0, 0.1) is 5.92 Å². The van der Waals surface area contributed by atoms with E-state index < -0.39 is 0 Å². The van der Waals surface area contributed by atoms with Gasteiger partial charge < -0.3 is 5.32 Å². The monoisotopic (exact) mass is 171 g/mol. The van der Waals surface area contributed by atoms with E-state index in [9.17, 15) is 0 Å². The lowest BCUT2D eigenvalue weighted by molar-refractivity contribution is 0.612. The van der Waals surface area contributed by atoms with Gasteiger partial charge in [0.05, 0.1) is 4.99 Å². The van der Waals surface area contributed by atoms with Gasteiger partial charge in [-0.25, -0.2) is 0 Å². The van der Waals surface area contributed by atoms with Crippen LogP contribution in [0.25, 0.3) is 0 Å². The Kier molecular flexibility index (Phi) is 1.70. The summed E-state index contributed by atoms with van der Waals surface area (Å²) in [5, 5.41) is 3.20. The minimum absolute atomic E-state index is 0.775. The molecule has 0 aromatic carbocycles. The highest BCUT2D eigenvalue weighted by Crippen LogP contribution is 2.36. The van der Waals surface area contributed by atoms with Gasteiger partial charge in [0.2, 0.25) is 0 Å². The van der Waals surface area contributed by atoms with E-state index in [0.717, 1.165) is 17.5 Å². The van der Waals surface area contributed by atoms with Crippen LogP contribution in [-0.2, 0) is 0 Å². The molecule has 0 amide bonds. The zero-order chi connectivity index (χ0) is 6.97. The Morgan fingerprint density at radius 2 is 2.60 bits per heavy atom. The summed E-state index contributed by atoms with van der Waals surface area (Å²) in [6.07, 6.45) is 3.44. The second-order valence-electron chi connectivity index (χ2n) is 2.63. The number of nitrogens with one attached hydrogen (secondary N) is 1. The number of fused-ring (bicyclic) bond motifs is 1. The van der Waals surface area contributed by atoms with Crippen LogP contribution >= 0.6 is 24.0 Å². The van der Waals surface area contributed by atoms with Crippen molar-refractivity contribution in [3.05, 3.63) is 11.0 Å². The van der Waals surface area contributed by atoms with Gasteiger partial charge in [0.1, 0.15) is 0 Å². The summed E-state index contributed by atoms with van der Waals surface area (Å²) in [5.41, 5.74) is 0. The molecule has 1 saturated heterocycles. The summed E-state index contributed by atoms with van der Waals surface area (Å²) in [5.74, 6) is 2.05. The van der Waals surface area contributed by atoms with Crippen LogP contribution in [0.15, 0.2) is 11.0 Å². The fourth-order valence-corrected chi connectivity index (χ4v) is 2.91. The molecule has 1 fully saturated rings. The number of rotatable bonds is 0. The van der Waals surface area contributed by atoms with E-state index in [0.29, 0.717) is 0 Å². The first kappa shape index (κ1) is 6.68. The van der Waals surface area contributed by atoms with Crippen molar-refractivity contribution < 1.29 is 0 Å². The van der Waals surface area contributed by atoms with Crippen molar-refractivity contribution >= 4 is 29.0 Å². The van der Waals surface area contributed by atoms with E-state index in [2.05, 4.69) is 11.4 Å². The predicted molar refractivity (Wildman–Crippen MR) is 49.2 cm³/mol. The highest BCUT2D eigenvalue weighted by molar-refractivity contribution is 8.03. The maximum Gasteiger partial charge on any atom is 0.0996 e. The van der Waals surface area contributed by atoms with Gasteiger partial charge in [-0.1, -0.05) is 12.2 Å². The molecule has 1 N–H and O–H groups in total. The summed E-state index contributed by atoms with van der Waals surface area (Å²) >= 11 is 6.99. The first-order chi connectivity index (χ1) is 4.86. The van der Waals surface area contributed by atoms with E-state index in [4.69, 9.17) is 12.2 Å². The normalized spacial score (nSPS) is 31.0. The summed E-state index contributed by atoms with van der Waals surface area (Å²) in [4.78, 5) is 2.42. The average molecular weight is 171 g/mol. The molecule has 3 heteroatoms. The van der Waals surface area contributed by atoms with Gasteiger partial charge in [-0.15, -0.1) is 11.8 Å². The van der Waals surface area contributed by atoms with Crippen LogP contribution in [0.1, 0.15) is 6.42 Å². The Morgan fingerprint density at radius 1 is 1.70 bits per heavy atom. The molecule has 1 unspecified atom stereocenters. The minimum atomic E-state index is 0.775. The second kappa shape index (κ2) is 2.55. The fourth-order valence-electron chi connectivity index (χ4n) is 1.35. The molecule has 1 nitrogen and oxygen atoms in total. The molecule has 2 heterocycles. The van der Waals surface area contributed by atoms with E-state index >= 15 is 0 Å². The zero-order valence-electron chi connectivity index (χ0n) is 5.59. The van der Waals surface area contributed by atoms with E-state index in [1.165, 1.54) is 17.1 Å². The smallest absolute Gasteiger partial charge is 0.0996 e. The average Bonchev–Trinajstić information content (AvgIpc) is 2.33. The zero-order valence-corrected chi connectivity index (χ0v) is 7.23. The lowest BCUT2D eigenvalue weighted by atomic mass is 10.0. The molecule has 0 aromatic heterocycles. The Bertz CT molecular complexity index is 198. The molecule has 0 aliphatic carbocycles. The molecule has 54 valence electrons. The minimum Gasteiger partial charge on any atom is -0.376 e. The summed E-state index contributed by atoms with van der Waals surface area (Å²) in [7, 11) is 0. The standard InChI is InChI=1S/C7H9NS2/c9-7-3-6-5(4-8-7)1-2-10-6/h3,5H,1-2,4H2,(H,8,9). The Balaban J connectivity index is 2.23. The largest absolute Gasteiger partial charge is 0.376 e. The molecule has 2 aliphatic rings. The van der Waals surface area contributed by atoms with Crippen molar-refractivity contribution in [1.82, 2.24) is 5.32 Å². The first-order valence-corrected chi connectivity index (χ1v) is 4.88. The van der Waals surface area contributed by atoms with E-state index in [1.54, 1.807) is 0 Å². The molecule has 10 heavy (non-hydrogen) atoms. The highest BCUT2D eigenvalue weighted by Gasteiger charge is 2.24. The number of hydrogen-bond acceptors (Lipinski definition) is 2. The quantitative estimate of drug-likeness (QED) is 0.555. The van der Waals surface area contributed by atoms with Crippen molar-refractivity contribution in [3.8, 4) is 0 Å². The van der Waals surface area contributed by atoms with Crippen LogP contribution in [0.2, 0.25) is 0 Å². The third kappa shape index (κ3) is 1.08. The van der Waals surface area contributed by atoms with E-state index in [-0.39, 0.29) is 0 Å². The summed E-state index contributed by atoms with van der Waals surface area (Å²) in [6.45, 7) is 1.07. The molecular weight excluding hydrogens is 162 g/mol. The van der Waals surface area contributed by atoms with Crippen LogP contribution in [0.5, 0.6) is 0 Å². The van der Waals surface area contributed by atoms with Gasteiger partial charge in [-0.05, 0) is 23.2 Å². The molecule has 0 saturated carbocycles. The third-order valence-corrected chi connectivity index (χ3v) is 3.42. The van der Waals surface area contributed by atoms with Crippen molar-refractivity contribution in [2.75, 3.05) is 12.3 Å². The number of hydrogen-bond donors (Lipinski definition) is 1. The maximum absolute atomic E-state index is 5.03. The molecule has 1 atom stereocenters. The molecule has 0 radical (unpaired) electrons. The summed E-state index contributed by atoms with van der Waals surface area (Å²) in [6, 6.07) is 0. The van der Waals surface area contributed by atoms with Crippen LogP contribution in [-0.4, -0.2) is 17.3 Å². The predicted octanol–water partition coefficient (Wildman–Crippen LogP) is 1.55. The van der Waals surface area contributed by atoms with E-state index in [1.807, 2.05) is 11.8 Å². The Hall–Kier alpha value is -0.0200. The van der Waals surface area contributed by atoms with Crippen LogP contribution in [0.3, 0.4) is 0 Å². The lowest BCUT2D eigenvalue weighted by Gasteiger charge is -2.18. The fraction of sp³-hybridized carbons (Fsp3) is 0.571. The molecule has 2 rings (SSSR count). The molecule has 0 bridgehead atoms. The molecule has 0 spiro atoms. The SMILES string of the molecule is S=C1C=C2SCCC2CN1. The van der Waals surface area contributed by atoms with Crippen molar-refractivity contribution in [2.45, 2.75) is 6.42 Å². The van der Waals surface area contributed by atoms with Crippen molar-refractivity contribution in [1.29, 1.82) is 0 Å². The third-order valence-electron chi connectivity index (χ3n) is 1.93. The second-order valence-corrected chi connectivity index (χ2v) is 4.23. The van der Waals surface area contributed by atoms with Crippen LogP contribution < -0.4 is 5.32 Å². The number of thiocarbonyl (C=S) groups is 1. The first-order valence-electron chi connectivity index (χ1n) is 3.48. The van der Waals surface area contributed by atoms with Gasteiger partial charge in [0.15, 0.2) is 0 Å². The topological polar surface area (TPSA) is 12.0 Å². The summed E-state index contributed by atoms with van der Waals surface area (Å²) < 4.78 is 0. The van der Waals surface area contributed by atoms with Gasteiger partial charge in [-0.3, -0.25) is 0 Å². The Morgan fingerprint density at radius 3 is 3.50 bits per heavy atom. The maximum atomic E-state index is 5.03. The number of thioether (sulfide) groups is 1. The Labute approximate surface area is 70.3 Å². The van der Waals surface area contributed by atoms with Gasteiger partial charge in [-0.2, -0.15) is 0 Å².